The number of rotatable bonds is 4. The van der Waals surface area contributed by atoms with Gasteiger partial charge in [-0.3, -0.25) is 9.80 Å². The predicted octanol–water partition coefficient (Wildman–Crippen LogP) is 3.66. The van der Waals surface area contributed by atoms with Crippen molar-refractivity contribution in [1.29, 1.82) is 10.5 Å². The lowest BCUT2D eigenvalue weighted by Crippen LogP contribution is -2.42. The summed E-state index contributed by atoms with van der Waals surface area (Å²) in [6, 6.07) is 16.4. The monoisotopic (exact) mass is 414 g/mol. The van der Waals surface area contributed by atoms with Gasteiger partial charge >= 0.3 is 5.97 Å². The molecule has 6 nitrogen and oxygen atoms in total. The standard InChI is InChI=1S/C24H19FN4O2/c1-3-31-22(30)24(12-17-8-10-19(25)11-9-17)16(2)23(14-26,15-27)29-21(24)20-7-5-4-6-18(20)13-28-29/h4-11,13,21H,2-3,12H2,1H3/t21-,24-/m0/s1. The minimum atomic E-state index is -1.86. The maximum absolute atomic E-state index is 13.6. The summed E-state index contributed by atoms with van der Waals surface area (Å²) in [6.07, 6.45) is 1.64. The van der Waals surface area contributed by atoms with Crippen molar-refractivity contribution in [3.8, 4) is 12.1 Å². The molecule has 0 radical (unpaired) electrons. The molecule has 0 spiro atoms. The summed E-state index contributed by atoms with van der Waals surface area (Å²) in [7, 11) is 0. The van der Waals surface area contributed by atoms with Crippen LogP contribution in [0.15, 0.2) is 65.8 Å². The van der Waals surface area contributed by atoms with E-state index in [0.29, 0.717) is 5.56 Å². The van der Waals surface area contributed by atoms with Crippen LogP contribution in [-0.4, -0.2) is 29.3 Å². The molecule has 154 valence electrons. The third-order valence-electron chi connectivity index (χ3n) is 6.00. The van der Waals surface area contributed by atoms with E-state index in [-0.39, 0.29) is 18.6 Å². The van der Waals surface area contributed by atoms with Crippen LogP contribution < -0.4 is 0 Å². The quantitative estimate of drug-likeness (QED) is 0.563. The Bertz CT molecular complexity index is 1160. The largest absolute Gasteiger partial charge is 0.465 e. The Morgan fingerprint density at radius 1 is 1.23 bits per heavy atom. The van der Waals surface area contributed by atoms with Crippen molar-refractivity contribution in [1.82, 2.24) is 5.01 Å². The minimum absolute atomic E-state index is 0.0705. The Morgan fingerprint density at radius 3 is 2.55 bits per heavy atom. The van der Waals surface area contributed by atoms with Crippen molar-refractivity contribution in [2.45, 2.75) is 24.9 Å². The molecular weight excluding hydrogens is 395 g/mol. The molecule has 7 heteroatoms. The van der Waals surface area contributed by atoms with Gasteiger partial charge in [-0.2, -0.15) is 15.6 Å². The molecule has 2 aliphatic heterocycles. The molecule has 2 aliphatic rings. The molecule has 31 heavy (non-hydrogen) atoms. The number of hydrogen-bond donors (Lipinski definition) is 0. The maximum Gasteiger partial charge on any atom is 0.319 e. The number of nitrogens with zero attached hydrogens (tertiary/aromatic N) is 4. The third-order valence-corrected chi connectivity index (χ3v) is 6.00. The van der Waals surface area contributed by atoms with Gasteiger partial charge in [0, 0.05) is 0 Å². The number of nitriles is 2. The second-order valence-electron chi connectivity index (χ2n) is 7.53. The molecule has 2 atom stereocenters. The molecule has 2 heterocycles. The number of halogens is 1. The first-order chi connectivity index (χ1) is 14.9. The Hall–Kier alpha value is -3.97. The smallest absolute Gasteiger partial charge is 0.319 e. The van der Waals surface area contributed by atoms with Gasteiger partial charge < -0.3 is 4.74 Å². The van der Waals surface area contributed by atoms with Crippen LogP contribution in [0.1, 0.15) is 29.7 Å². The SMILES string of the molecule is C=C1C(C#N)(C#N)N2N=Cc3ccccc3[C@H]2[C@@]1(Cc1ccc(F)cc1)C(=O)OCC. The molecule has 1 saturated heterocycles. The van der Waals surface area contributed by atoms with E-state index < -0.39 is 28.8 Å². The highest BCUT2D eigenvalue weighted by atomic mass is 19.1. The zero-order chi connectivity index (χ0) is 22.2. The third kappa shape index (κ3) is 2.74. The van der Waals surface area contributed by atoms with E-state index >= 15 is 0 Å². The lowest BCUT2D eigenvalue weighted by Gasteiger charge is -2.37. The second kappa shape index (κ2) is 7.37. The van der Waals surface area contributed by atoms with E-state index in [9.17, 15) is 19.7 Å². The van der Waals surface area contributed by atoms with Crippen LogP contribution in [-0.2, 0) is 16.0 Å². The minimum Gasteiger partial charge on any atom is -0.465 e. The summed E-state index contributed by atoms with van der Waals surface area (Å²) >= 11 is 0. The van der Waals surface area contributed by atoms with E-state index in [4.69, 9.17) is 4.74 Å². The van der Waals surface area contributed by atoms with Crippen molar-refractivity contribution in [2.75, 3.05) is 6.61 Å². The molecule has 2 aromatic carbocycles. The molecule has 1 fully saturated rings. The van der Waals surface area contributed by atoms with Gasteiger partial charge in [-0.25, -0.2) is 4.39 Å². The molecule has 0 bridgehead atoms. The van der Waals surface area contributed by atoms with Gasteiger partial charge in [0.1, 0.15) is 23.4 Å². The van der Waals surface area contributed by atoms with Crippen molar-refractivity contribution in [3.63, 3.8) is 0 Å². The van der Waals surface area contributed by atoms with Crippen LogP contribution in [0.25, 0.3) is 0 Å². The topological polar surface area (TPSA) is 89.5 Å². The van der Waals surface area contributed by atoms with Crippen LogP contribution in [0.2, 0.25) is 0 Å². The number of carbonyl (C=O) groups is 1. The van der Waals surface area contributed by atoms with Gasteiger partial charge in [-0.15, -0.1) is 0 Å². The first-order valence-electron chi connectivity index (χ1n) is 9.81. The van der Waals surface area contributed by atoms with Crippen LogP contribution in [0.4, 0.5) is 4.39 Å². The highest BCUT2D eigenvalue weighted by Gasteiger charge is 2.69. The van der Waals surface area contributed by atoms with E-state index in [1.54, 1.807) is 25.3 Å². The molecule has 0 unspecified atom stereocenters. The van der Waals surface area contributed by atoms with Gasteiger partial charge in [0.05, 0.1) is 18.9 Å². The Balaban J connectivity index is 2.01. The Labute approximate surface area is 179 Å². The predicted molar refractivity (Wildman–Crippen MR) is 111 cm³/mol. The molecular formula is C24H19FN4O2. The first kappa shape index (κ1) is 20.3. The summed E-state index contributed by atoms with van der Waals surface area (Å²) in [4.78, 5) is 13.6. The average molecular weight is 414 g/mol. The zero-order valence-corrected chi connectivity index (χ0v) is 16.9. The fraction of sp³-hybridized carbons (Fsp3) is 0.250. The van der Waals surface area contributed by atoms with Gasteiger partial charge in [0.2, 0.25) is 0 Å². The van der Waals surface area contributed by atoms with Crippen LogP contribution >= 0.6 is 0 Å². The van der Waals surface area contributed by atoms with Crippen molar-refractivity contribution in [3.05, 3.63) is 83.2 Å². The molecule has 0 N–H and O–H groups in total. The fourth-order valence-electron chi connectivity index (χ4n) is 4.54. The number of carbonyl (C=O) groups excluding carboxylic acids is 1. The average Bonchev–Trinajstić information content (AvgIpc) is 3.01. The summed E-state index contributed by atoms with van der Waals surface area (Å²) in [6.45, 7) is 5.88. The van der Waals surface area contributed by atoms with Crippen LogP contribution in [0, 0.1) is 33.9 Å². The van der Waals surface area contributed by atoms with Crippen LogP contribution in [0.5, 0.6) is 0 Å². The number of ether oxygens (including phenoxy) is 1. The zero-order valence-electron chi connectivity index (χ0n) is 16.9. The molecule has 0 saturated carbocycles. The van der Waals surface area contributed by atoms with Crippen LogP contribution in [0.3, 0.4) is 0 Å². The van der Waals surface area contributed by atoms with Crippen molar-refractivity contribution in [2.24, 2.45) is 10.5 Å². The second-order valence-corrected chi connectivity index (χ2v) is 7.53. The highest BCUT2D eigenvalue weighted by molar-refractivity contribution is 5.89. The lowest BCUT2D eigenvalue weighted by molar-refractivity contribution is -0.155. The molecule has 0 aliphatic carbocycles. The summed E-state index contributed by atoms with van der Waals surface area (Å²) < 4.78 is 19.0. The van der Waals surface area contributed by atoms with E-state index in [2.05, 4.69) is 11.7 Å². The summed E-state index contributed by atoms with van der Waals surface area (Å²) in [5.74, 6) is -1.00. The van der Waals surface area contributed by atoms with Gasteiger partial charge in [0.25, 0.3) is 5.54 Å². The van der Waals surface area contributed by atoms with E-state index in [1.807, 2.05) is 36.4 Å². The van der Waals surface area contributed by atoms with E-state index in [1.165, 1.54) is 17.1 Å². The van der Waals surface area contributed by atoms with Gasteiger partial charge in [0.15, 0.2) is 0 Å². The Kier molecular flexibility index (Phi) is 4.83. The number of benzene rings is 2. The van der Waals surface area contributed by atoms with Crippen molar-refractivity contribution >= 4 is 12.2 Å². The number of fused-ring (bicyclic) bond motifs is 3. The summed E-state index contributed by atoms with van der Waals surface area (Å²) in [5.41, 5.74) is -1.08. The van der Waals surface area contributed by atoms with Gasteiger partial charge in [-0.05, 0) is 47.7 Å². The molecule has 2 aromatic rings. The maximum atomic E-state index is 13.6. The Morgan fingerprint density at radius 2 is 1.90 bits per heavy atom. The summed E-state index contributed by atoms with van der Waals surface area (Å²) in [5, 5.41) is 25.9. The molecule has 4 rings (SSSR count). The highest BCUT2D eigenvalue weighted by Crippen LogP contribution is 2.60. The first-order valence-corrected chi connectivity index (χ1v) is 9.81. The normalized spacial score (nSPS) is 22.8. The molecule has 0 amide bonds. The number of hydrogen-bond acceptors (Lipinski definition) is 6. The van der Waals surface area contributed by atoms with Crippen molar-refractivity contribution < 1.29 is 13.9 Å². The number of hydrazone groups is 1. The van der Waals surface area contributed by atoms with Gasteiger partial charge in [-0.1, -0.05) is 43.0 Å². The fourth-order valence-corrected chi connectivity index (χ4v) is 4.54. The number of esters is 1. The lowest BCUT2D eigenvalue weighted by atomic mass is 9.67. The molecule has 0 aromatic heterocycles. The van der Waals surface area contributed by atoms with E-state index in [0.717, 1.165) is 11.1 Å².